The molecular weight excluding hydrogens is 288 g/mol. The van der Waals surface area contributed by atoms with Crippen LogP contribution < -0.4 is 10.5 Å². The number of nitrogens with two attached hydrogens (primary N) is 1. The maximum Gasteiger partial charge on any atom is 0.216 e. The quantitative estimate of drug-likeness (QED) is 0.704. The molecular formula is C15H18N2O3S. The number of benzene rings is 2. The van der Waals surface area contributed by atoms with Crippen LogP contribution in [-0.2, 0) is 15.8 Å². The highest BCUT2D eigenvalue weighted by Gasteiger charge is 2.19. The Hall–Kier alpha value is -1.89. The van der Waals surface area contributed by atoms with Gasteiger partial charge in [-0.25, -0.2) is 13.1 Å². The van der Waals surface area contributed by atoms with Gasteiger partial charge >= 0.3 is 0 Å². The van der Waals surface area contributed by atoms with Crippen molar-refractivity contribution in [2.75, 3.05) is 12.3 Å². The number of nitrogen functional groups attached to an aromatic ring is 1. The number of sulfonamides is 1. The van der Waals surface area contributed by atoms with Gasteiger partial charge in [0.1, 0.15) is 0 Å². The number of aliphatic hydroxyl groups is 1. The topological polar surface area (TPSA) is 92.4 Å². The average molecular weight is 306 g/mol. The highest BCUT2D eigenvalue weighted by molar-refractivity contribution is 7.88. The third-order valence-electron chi connectivity index (χ3n) is 3.04. The molecule has 2 rings (SSSR count). The van der Waals surface area contributed by atoms with E-state index in [2.05, 4.69) is 4.72 Å². The first kappa shape index (κ1) is 15.5. The van der Waals surface area contributed by atoms with Crippen molar-refractivity contribution in [2.24, 2.45) is 0 Å². The lowest BCUT2D eigenvalue weighted by Crippen LogP contribution is -2.31. The summed E-state index contributed by atoms with van der Waals surface area (Å²) < 4.78 is 26.9. The molecule has 0 heterocycles. The average Bonchev–Trinajstić information content (AvgIpc) is 2.48. The van der Waals surface area contributed by atoms with E-state index in [0.29, 0.717) is 11.3 Å². The first-order chi connectivity index (χ1) is 10.00. The minimum Gasteiger partial charge on any atom is -0.399 e. The minimum absolute atomic E-state index is 0.156. The molecule has 0 unspecified atom stereocenters. The largest absolute Gasteiger partial charge is 0.399 e. The normalized spacial score (nSPS) is 13.0. The maximum atomic E-state index is 12.2. The molecule has 0 spiro atoms. The van der Waals surface area contributed by atoms with Crippen LogP contribution in [0.1, 0.15) is 17.2 Å². The van der Waals surface area contributed by atoms with E-state index in [4.69, 9.17) is 5.73 Å². The molecule has 0 amide bonds. The molecule has 0 aromatic heterocycles. The molecule has 0 aliphatic carbocycles. The zero-order valence-corrected chi connectivity index (χ0v) is 12.3. The fourth-order valence-corrected chi connectivity index (χ4v) is 3.35. The lowest BCUT2D eigenvalue weighted by Gasteiger charge is -2.17. The van der Waals surface area contributed by atoms with Gasteiger partial charge in [-0.3, -0.25) is 0 Å². The van der Waals surface area contributed by atoms with Crippen LogP contribution in [0.2, 0.25) is 0 Å². The van der Waals surface area contributed by atoms with Crippen LogP contribution in [0.15, 0.2) is 54.6 Å². The predicted molar refractivity (Wildman–Crippen MR) is 82.9 cm³/mol. The molecule has 112 valence electrons. The van der Waals surface area contributed by atoms with Crippen LogP contribution >= 0.6 is 0 Å². The summed E-state index contributed by atoms with van der Waals surface area (Å²) in [4.78, 5) is 0. The van der Waals surface area contributed by atoms with Gasteiger partial charge in [-0.05, 0) is 23.3 Å². The Kier molecular flexibility index (Phi) is 4.95. The zero-order valence-electron chi connectivity index (χ0n) is 11.4. The molecule has 2 aromatic rings. The summed E-state index contributed by atoms with van der Waals surface area (Å²) in [7, 11) is -3.56. The summed E-state index contributed by atoms with van der Waals surface area (Å²) in [6.45, 7) is -0.301. The van der Waals surface area contributed by atoms with Gasteiger partial charge in [0, 0.05) is 5.69 Å². The second-order valence-electron chi connectivity index (χ2n) is 4.76. The molecule has 0 radical (unpaired) electrons. The van der Waals surface area contributed by atoms with E-state index >= 15 is 0 Å². The van der Waals surface area contributed by atoms with Crippen molar-refractivity contribution in [1.82, 2.24) is 4.72 Å². The summed E-state index contributed by atoms with van der Waals surface area (Å²) in [5.41, 5.74) is 7.52. The van der Waals surface area contributed by atoms with Crippen LogP contribution in [0, 0.1) is 0 Å². The fourth-order valence-electron chi connectivity index (χ4n) is 1.99. The van der Waals surface area contributed by atoms with Crippen molar-refractivity contribution in [3.8, 4) is 0 Å². The van der Waals surface area contributed by atoms with Crippen molar-refractivity contribution in [3.05, 3.63) is 65.7 Å². The molecule has 0 aliphatic rings. The molecule has 0 bridgehead atoms. The number of hydrogen-bond acceptors (Lipinski definition) is 4. The maximum absolute atomic E-state index is 12.2. The first-order valence-corrected chi connectivity index (χ1v) is 8.15. The molecule has 4 N–H and O–H groups in total. The second kappa shape index (κ2) is 6.71. The molecule has 1 atom stereocenters. The number of hydrogen-bond donors (Lipinski definition) is 3. The van der Waals surface area contributed by atoms with Crippen LogP contribution in [-0.4, -0.2) is 20.1 Å². The van der Waals surface area contributed by atoms with Gasteiger partial charge < -0.3 is 10.8 Å². The number of aliphatic hydroxyl groups excluding tert-OH is 1. The van der Waals surface area contributed by atoms with Gasteiger partial charge in [-0.15, -0.1) is 0 Å². The third-order valence-corrected chi connectivity index (χ3v) is 4.40. The number of anilines is 1. The van der Waals surface area contributed by atoms with E-state index in [1.807, 2.05) is 6.07 Å². The highest BCUT2D eigenvalue weighted by Crippen LogP contribution is 2.15. The van der Waals surface area contributed by atoms with Gasteiger partial charge in [-0.1, -0.05) is 42.5 Å². The van der Waals surface area contributed by atoms with E-state index in [0.717, 1.165) is 5.56 Å². The lowest BCUT2D eigenvalue weighted by atomic mass is 10.1. The van der Waals surface area contributed by atoms with E-state index in [-0.39, 0.29) is 12.4 Å². The summed E-state index contributed by atoms with van der Waals surface area (Å²) in [6.07, 6.45) is 0. The molecule has 0 saturated heterocycles. The lowest BCUT2D eigenvalue weighted by molar-refractivity contribution is 0.259. The van der Waals surface area contributed by atoms with Gasteiger partial charge in [0.25, 0.3) is 0 Å². The zero-order chi connectivity index (χ0) is 15.3. The summed E-state index contributed by atoms with van der Waals surface area (Å²) in [5, 5.41) is 9.40. The van der Waals surface area contributed by atoms with Crippen molar-refractivity contribution < 1.29 is 13.5 Å². The van der Waals surface area contributed by atoms with Crippen molar-refractivity contribution in [1.29, 1.82) is 0 Å². The van der Waals surface area contributed by atoms with Crippen molar-refractivity contribution in [2.45, 2.75) is 11.8 Å². The Morgan fingerprint density at radius 2 is 1.67 bits per heavy atom. The van der Waals surface area contributed by atoms with Crippen LogP contribution in [0.4, 0.5) is 5.69 Å². The van der Waals surface area contributed by atoms with Crippen LogP contribution in [0.5, 0.6) is 0 Å². The molecule has 6 heteroatoms. The van der Waals surface area contributed by atoms with Gasteiger partial charge in [0.05, 0.1) is 18.4 Å². The van der Waals surface area contributed by atoms with Gasteiger partial charge in [0.2, 0.25) is 10.0 Å². The van der Waals surface area contributed by atoms with E-state index in [1.54, 1.807) is 48.5 Å². The number of nitrogens with one attached hydrogen (secondary N) is 1. The predicted octanol–water partition coefficient (Wildman–Crippen LogP) is 1.42. The number of rotatable bonds is 6. The molecule has 0 saturated carbocycles. The van der Waals surface area contributed by atoms with Crippen molar-refractivity contribution >= 4 is 15.7 Å². The van der Waals surface area contributed by atoms with Gasteiger partial charge in [0.15, 0.2) is 0 Å². The Morgan fingerprint density at radius 3 is 2.24 bits per heavy atom. The van der Waals surface area contributed by atoms with Crippen molar-refractivity contribution in [3.63, 3.8) is 0 Å². The monoisotopic (exact) mass is 306 g/mol. The third kappa shape index (κ3) is 4.56. The van der Waals surface area contributed by atoms with E-state index < -0.39 is 16.1 Å². The molecule has 0 aliphatic heterocycles. The van der Waals surface area contributed by atoms with Gasteiger partial charge in [-0.2, -0.15) is 0 Å². The summed E-state index contributed by atoms with van der Waals surface area (Å²) in [5.74, 6) is -0.156. The Morgan fingerprint density at radius 1 is 1.05 bits per heavy atom. The summed E-state index contributed by atoms with van der Waals surface area (Å²) >= 11 is 0. The Balaban J connectivity index is 2.10. The van der Waals surface area contributed by atoms with E-state index in [9.17, 15) is 13.5 Å². The Labute approximate surface area is 124 Å². The Bertz CT molecular complexity index is 670. The SMILES string of the molecule is Nc1ccc(CS(=O)(=O)N[C@@H](CO)c2ccccc2)cc1. The fraction of sp³-hybridized carbons (Fsp3) is 0.200. The van der Waals surface area contributed by atoms with Crippen LogP contribution in [0.25, 0.3) is 0 Å². The molecule has 21 heavy (non-hydrogen) atoms. The second-order valence-corrected chi connectivity index (χ2v) is 6.52. The van der Waals surface area contributed by atoms with Crippen LogP contribution in [0.3, 0.4) is 0 Å². The smallest absolute Gasteiger partial charge is 0.216 e. The minimum atomic E-state index is -3.56. The molecule has 5 nitrogen and oxygen atoms in total. The molecule has 0 fully saturated rings. The standard InChI is InChI=1S/C15H18N2O3S/c16-14-8-6-12(7-9-14)11-21(19,20)17-15(10-18)13-4-2-1-3-5-13/h1-9,15,17-18H,10-11,16H2/t15-/m0/s1. The van der Waals surface area contributed by atoms with E-state index in [1.165, 1.54) is 0 Å². The highest BCUT2D eigenvalue weighted by atomic mass is 32.2. The molecule has 2 aromatic carbocycles. The summed E-state index contributed by atoms with van der Waals surface area (Å²) in [6, 6.07) is 15.0. The first-order valence-electron chi connectivity index (χ1n) is 6.50.